The van der Waals surface area contributed by atoms with Crippen molar-refractivity contribution < 1.29 is 8.42 Å². The van der Waals surface area contributed by atoms with E-state index in [0.29, 0.717) is 11.3 Å². The largest absolute Gasteiger partial charge is 0.236 e. The van der Waals surface area contributed by atoms with Crippen molar-refractivity contribution in [1.29, 1.82) is 0 Å². The molecule has 1 heterocycles. The van der Waals surface area contributed by atoms with Gasteiger partial charge in [-0.05, 0) is 24.6 Å². The minimum Gasteiger partial charge on any atom is -0.212 e. The average molecular weight is 272 g/mol. The van der Waals surface area contributed by atoms with Crippen LogP contribution in [-0.2, 0) is 14.8 Å². The van der Waals surface area contributed by atoms with Crippen LogP contribution in [0.4, 0.5) is 0 Å². The lowest BCUT2D eigenvalue weighted by molar-refractivity contribution is 0.609. The molecule has 0 unspecified atom stereocenters. The monoisotopic (exact) mass is 271 g/mol. The van der Waals surface area contributed by atoms with Gasteiger partial charge in [0.05, 0.1) is 23.3 Å². The molecule has 0 atom stereocenters. The summed E-state index contributed by atoms with van der Waals surface area (Å²) in [5.74, 6) is -0.206. The Morgan fingerprint density at radius 2 is 2.18 bits per heavy atom. The van der Waals surface area contributed by atoms with Crippen LogP contribution in [0.1, 0.15) is 11.3 Å². The molecule has 0 bridgehead atoms. The Morgan fingerprint density at radius 3 is 2.76 bits per heavy atom. The third kappa shape index (κ3) is 3.28. The highest BCUT2D eigenvalue weighted by atomic mass is 35.7. The predicted molar refractivity (Wildman–Crippen MR) is 64.6 cm³/mol. The molecule has 0 saturated carbocycles. The van der Waals surface area contributed by atoms with Gasteiger partial charge in [0.15, 0.2) is 0 Å². The molecule has 17 heavy (non-hydrogen) atoms. The second kappa shape index (κ2) is 4.46. The summed E-state index contributed by atoms with van der Waals surface area (Å²) in [6.07, 6.45) is 1.63. The molecule has 2 aromatic rings. The summed E-state index contributed by atoms with van der Waals surface area (Å²) in [7, 11) is 1.66. The molecule has 0 N–H and O–H groups in total. The number of halogens is 1. The standard InChI is InChI=1S/C10H10ClN3O2S/c1-8-6-12-14(13-8)10-4-2-3-9(5-10)7-17(11,15)16/h2-6H,7H2,1H3. The van der Waals surface area contributed by atoms with Gasteiger partial charge in [-0.25, -0.2) is 8.42 Å². The number of benzene rings is 1. The SMILES string of the molecule is Cc1cnn(-c2cccc(CS(=O)(=O)Cl)c2)n1. The highest BCUT2D eigenvalue weighted by Gasteiger charge is 2.08. The van der Waals surface area contributed by atoms with E-state index in [1.165, 1.54) is 4.80 Å². The van der Waals surface area contributed by atoms with E-state index in [0.717, 1.165) is 5.69 Å². The van der Waals surface area contributed by atoms with Crippen LogP contribution in [0.5, 0.6) is 0 Å². The summed E-state index contributed by atoms with van der Waals surface area (Å²) in [5, 5.41) is 8.19. The number of aromatic nitrogens is 3. The van der Waals surface area contributed by atoms with Crippen LogP contribution in [-0.4, -0.2) is 23.4 Å². The van der Waals surface area contributed by atoms with Crippen molar-refractivity contribution in [3.05, 3.63) is 41.7 Å². The minimum atomic E-state index is -3.55. The van der Waals surface area contributed by atoms with Crippen molar-refractivity contribution in [2.24, 2.45) is 0 Å². The molecule has 90 valence electrons. The Labute approximate surface area is 103 Å². The molecule has 7 heteroatoms. The van der Waals surface area contributed by atoms with Crippen molar-refractivity contribution in [1.82, 2.24) is 15.0 Å². The predicted octanol–water partition coefficient (Wildman–Crippen LogP) is 1.64. The first-order chi connectivity index (χ1) is 7.94. The first kappa shape index (κ1) is 12.1. The number of hydrogen-bond donors (Lipinski definition) is 0. The molecule has 2 rings (SSSR count). The molecule has 1 aromatic carbocycles. The van der Waals surface area contributed by atoms with Crippen LogP contribution in [0.25, 0.3) is 5.69 Å². The zero-order valence-electron chi connectivity index (χ0n) is 9.04. The first-order valence-corrected chi connectivity index (χ1v) is 7.32. The average Bonchev–Trinajstić information content (AvgIpc) is 2.63. The molecule has 1 aromatic heterocycles. The molecular weight excluding hydrogens is 262 g/mol. The summed E-state index contributed by atoms with van der Waals surface area (Å²) in [6, 6.07) is 6.92. The smallest absolute Gasteiger partial charge is 0.212 e. The fourth-order valence-electron chi connectivity index (χ4n) is 1.43. The zero-order valence-corrected chi connectivity index (χ0v) is 10.6. The lowest BCUT2D eigenvalue weighted by Crippen LogP contribution is -2.01. The molecule has 0 amide bonds. The molecule has 0 aliphatic rings. The molecule has 0 saturated heterocycles. The second-order valence-electron chi connectivity index (χ2n) is 3.63. The van der Waals surface area contributed by atoms with Crippen LogP contribution < -0.4 is 0 Å². The van der Waals surface area contributed by atoms with Gasteiger partial charge in [-0.15, -0.1) is 0 Å². The third-order valence-electron chi connectivity index (χ3n) is 2.09. The van der Waals surface area contributed by atoms with E-state index < -0.39 is 9.05 Å². The third-order valence-corrected chi connectivity index (χ3v) is 3.09. The van der Waals surface area contributed by atoms with Crippen LogP contribution in [0.15, 0.2) is 30.5 Å². The van der Waals surface area contributed by atoms with Crippen LogP contribution >= 0.6 is 10.7 Å². The summed E-state index contributed by atoms with van der Waals surface area (Å²) >= 11 is 0. The van der Waals surface area contributed by atoms with Crippen molar-refractivity contribution in [2.75, 3.05) is 0 Å². The molecular formula is C10H10ClN3O2S. The van der Waals surface area contributed by atoms with Crippen molar-refractivity contribution in [3.63, 3.8) is 0 Å². The topological polar surface area (TPSA) is 64.8 Å². The summed E-state index contributed by atoms with van der Waals surface area (Å²) in [5.41, 5.74) is 2.10. The molecule has 0 radical (unpaired) electrons. The molecule has 0 spiro atoms. The fourth-order valence-corrected chi connectivity index (χ4v) is 2.39. The maximum absolute atomic E-state index is 11.0. The Kier molecular flexibility index (Phi) is 3.17. The number of hydrogen-bond acceptors (Lipinski definition) is 4. The zero-order chi connectivity index (χ0) is 12.5. The Hall–Kier alpha value is -1.40. The van der Waals surface area contributed by atoms with Crippen molar-refractivity contribution in [2.45, 2.75) is 12.7 Å². The Bertz CT molecular complexity index is 637. The van der Waals surface area contributed by atoms with Crippen molar-refractivity contribution in [3.8, 4) is 5.69 Å². The Morgan fingerprint density at radius 1 is 1.41 bits per heavy atom. The minimum absolute atomic E-state index is 0.206. The highest BCUT2D eigenvalue weighted by molar-refractivity contribution is 8.13. The van der Waals surface area contributed by atoms with E-state index in [-0.39, 0.29) is 5.75 Å². The summed E-state index contributed by atoms with van der Waals surface area (Å²) in [4.78, 5) is 1.44. The lowest BCUT2D eigenvalue weighted by atomic mass is 10.2. The normalized spacial score (nSPS) is 11.6. The van der Waals surface area contributed by atoms with Gasteiger partial charge in [-0.3, -0.25) is 0 Å². The van der Waals surface area contributed by atoms with E-state index in [4.69, 9.17) is 10.7 Å². The van der Waals surface area contributed by atoms with E-state index in [1.54, 1.807) is 30.5 Å². The molecule has 0 aliphatic heterocycles. The summed E-state index contributed by atoms with van der Waals surface area (Å²) in [6.45, 7) is 1.83. The number of nitrogens with zero attached hydrogens (tertiary/aromatic N) is 3. The van der Waals surface area contributed by atoms with Gasteiger partial charge in [-0.1, -0.05) is 12.1 Å². The second-order valence-corrected chi connectivity index (χ2v) is 6.41. The first-order valence-electron chi connectivity index (χ1n) is 4.85. The van der Waals surface area contributed by atoms with Gasteiger partial charge in [0.2, 0.25) is 9.05 Å². The maximum Gasteiger partial charge on any atom is 0.236 e. The van der Waals surface area contributed by atoms with E-state index in [2.05, 4.69) is 10.2 Å². The van der Waals surface area contributed by atoms with Gasteiger partial charge in [0.1, 0.15) is 0 Å². The van der Waals surface area contributed by atoms with Gasteiger partial charge in [0.25, 0.3) is 0 Å². The van der Waals surface area contributed by atoms with Crippen LogP contribution in [0.3, 0.4) is 0 Å². The Balaban J connectivity index is 2.35. The van der Waals surface area contributed by atoms with Crippen molar-refractivity contribution >= 4 is 19.7 Å². The molecule has 0 fully saturated rings. The molecule has 5 nitrogen and oxygen atoms in total. The maximum atomic E-state index is 11.0. The quantitative estimate of drug-likeness (QED) is 0.796. The van der Waals surface area contributed by atoms with Crippen LogP contribution in [0, 0.1) is 6.92 Å². The highest BCUT2D eigenvalue weighted by Crippen LogP contribution is 2.13. The van der Waals surface area contributed by atoms with Crippen LogP contribution in [0.2, 0.25) is 0 Å². The van der Waals surface area contributed by atoms with E-state index in [9.17, 15) is 8.42 Å². The van der Waals surface area contributed by atoms with Gasteiger partial charge in [0, 0.05) is 10.7 Å². The van der Waals surface area contributed by atoms with Gasteiger partial charge in [-0.2, -0.15) is 15.0 Å². The van der Waals surface area contributed by atoms with Gasteiger partial charge < -0.3 is 0 Å². The summed E-state index contributed by atoms with van der Waals surface area (Å²) < 4.78 is 22.0. The molecule has 0 aliphatic carbocycles. The number of aryl methyl sites for hydroxylation is 1. The number of rotatable bonds is 3. The fraction of sp³-hybridized carbons (Fsp3) is 0.200. The lowest BCUT2D eigenvalue weighted by Gasteiger charge is -2.02. The van der Waals surface area contributed by atoms with Gasteiger partial charge >= 0.3 is 0 Å². The van der Waals surface area contributed by atoms with E-state index in [1.807, 2.05) is 6.92 Å². The van der Waals surface area contributed by atoms with E-state index >= 15 is 0 Å².